The summed E-state index contributed by atoms with van der Waals surface area (Å²) in [6.07, 6.45) is 28.7. The average molecular weight is 752 g/mol. The smallest absolute Gasteiger partial charge is 0.305 e. The van der Waals surface area contributed by atoms with E-state index in [9.17, 15) is 9.59 Å². The number of hydrogen-bond donors (Lipinski definition) is 0. The van der Waals surface area contributed by atoms with Gasteiger partial charge in [-0.1, -0.05) is 195 Å². The van der Waals surface area contributed by atoms with Gasteiger partial charge in [-0.2, -0.15) is 0 Å². The molecule has 43 heavy (non-hydrogen) atoms. The van der Waals surface area contributed by atoms with E-state index in [4.69, 9.17) is 9.47 Å². The van der Waals surface area contributed by atoms with E-state index in [1.54, 1.807) is 0 Å². The molecule has 7 heteroatoms. The Balaban J connectivity index is -0.000000152. The largest absolute Gasteiger partial charge is 0.465 e. The molecule has 0 fully saturated rings. The van der Waals surface area contributed by atoms with Gasteiger partial charge in [-0.3, -0.25) is 9.59 Å². The quantitative estimate of drug-likeness (QED) is 0.0502. The molecule has 8 radical (unpaired) electrons. The fourth-order valence-electron chi connectivity index (χ4n) is 3.76. The Labute approximate surface area is 298 Å². The first-order chi connectivity index (χ1) is 20.4. The first kappa shape index (κ1) is 52.9. The predicted molar refractivity (Wildman–Crippen MR) is 197 cm³/mol. The summed E-state index contributed by atoms with van der Waals surface area (Å²) in [4.78, 5) is 21.9. The number of ether oxygens (including phenoxy) is 2. The number of hydrogen-bond acceptors (Lipinski definition) is 4. The molecule has 0 saturated carbocycles. The Morgan fingerprint density at radius 2 is 0.721 bits per heavy atom. The van der Waals surface area contributed by atoms with Gasteiger partial charge in [-0.05, 0) is 12.8 Å². The summed E-state index contributed by atoms with van der Waals surface area (Å²) in [5, 5.41) is 0. The predicted octanol–water partition coefficient (Wildman–Crippen LogP) is 12.2. The van der Waals surface area contributed by atoms with Crippen LogP contribution in [-0.2, 0) is 19.1 Å². The summed E-state index contributed by atoms with van der Waals surface area (Å²) in [5.74, 6) is 0.811. The van der Waals surface area contributed by atoms with E-state index < -0.39 is 0 Å². The van der Waals surface area contributed by atoms with Crippen molar-refractivity contribution >= 4 is 61.1 Å². The second kappa shape index (κ2) is 54.9. The third-order valence-corrected chi connectivity index (χ3v) is 6.70. The topological polar surface area (TPSA) is 52.6 Å². The van der Waals surface area contributed by atoms with Crippen molar-refractivity contribution in [1.29, 1.82) is 0 Å². The number of unbranched alkanes of at least 4 members (excludes halogenated alkanes) is 18. The van der Waals surface area contributed by atoms with E-state index in [1.165, 1.54) is 103 Å². The molecule has 0 rings (SSSR count). The van der Waals surface area contributed by atoms with Gasteiger partial charge in [-0.25, -0.2) is 0 Å². The van der Waals surface area contributed by atoms with Crippen LogP contribution in [0, 0.1) is 13.8 Å². The summed E-state index contributed by atoms with van der Waals surface area (Å²) >= 11 is 9.33. The van der Waals surface area contributed by atoms with Gasteiger partial charge in [0.05, 0.1) is 0 Å². The number of esters is 2. The molecule has 0 N–H and O–H groups in total. The van der Waals surface area contributed by atoms with Crippen LogP contribution in [-0.4, -0.2) is 60.6 Å². The zero-order valence-corrected chi connectivity index (χ0v) is 33.6. The van der Waals surface area contributed by atoms with Gasteiger partial charge in [-0.15, -0.1) is 0 Å². The number of carbonyl (C=O) groups excluding carboxylic acids is 2. The van der Waals surface area contributed by atoms with Crippen molar-refractivity contribution in [2.45, 2.75) is 182 Å². The molecule has 0 unspecified atom stereocenters. The molecule has 0 spiro atoms. The third kappa shape index (κ3) is 66.0. The monoisotopic (exact) mass is 752 g/mol. The van der Waals surface area contributed by atoms with Gasteiger partial charge in [0.25, 0.3) is 0 Å². The van der Waals surface area contributed by atoms with E-state index in [0.717, 1.165) is 38.5 Å². The Hall–Kier alpha value is 0.439. The van der Waals surface area contributed by atoms with Crippen molar-refractivity contribution in [2.75, 3.05) is 24.7 Å². The molecular formula is C36H72O4S2Sn. The van der Waals surface area contributed by atoms with Gasteiger partial charge in [0.1, 0.15) is 13.2 Å². The molecule has 0 aromatic rings. The SMILES string of the molecule is CCCCCCCC(=O)OCC[S].CCCCCCCC(=O)OCC[S].[CH2]CCCCCCC.[CH2]CCCCCCC.[Sn]. The molecule has 256 valence electrons. The standard InChI is InChI=1S/2C10H19O2S.2C8H17.Sn/c2*1-2-3-4-5-6-7-10(11)12-8-9-13;2*1-3-5-7-8-6-4-2;/h2*2-9H2,1H3;2*1,3-8H2,2H3;. The summed E-state index contributed by atoms with van der Waals surface area (Å²) in [7, 11) is 0. The summed E-state index contributed by atoms with van der Waals surface area (Å²) in [6, 6.07) is 0. The van der Waals surface area contributed by atoms with Gasteiger partial charge >= 0.3 is 11.9 Å². The van der Waals surface area contributed by atoms with Gasteiger partial charge < -0.3 is 9.47 Å². The zero-order valence-electron chi connectivity index (χ0n) is 29.2. The third-order valence-electron chi connectivity index (χ3n) is 6.37. The molecule has 0 aromatic carbocycles. The van der Waals surface area contributed by atoms with E-state index in [-0.39, 0.29) is 35.8 Å². The maximum atomic E-state index is 11.0. The molecule has 0 heterocycles. The second-order valence-corrected chi connectivity index (χ2v) is 11.5. The van der Waals surface area contributed by atoms with Crippen molar-refractivity contribution < 1.29 is 19.1 Å². The minimum absolute atomic E-state index is 0. The van der Waals surface area contributed by atoms with Crippen LogP contribution >= 0.6 is 25.3 Å². The van der Waals surface area contributed by atoms with Crippen LogP contribution in [0.3, 0.4) is 0 Å². The fraction of sp³-hybridized carbons (Fsp3) is 0.889. The summed E-state index contributed by atoms with van der Waals surface area (Å²) in [5.41, 5.74) is 0. The second-order valence-electron chi connectivity index (χ2n) is 10.7. The van der Waals surface area contributed by atoms with Crippen molar-refractivity contribution in [1.82, 2.24) is 0 Å². The van der Waals surface area contributed by atoms with Crippen molar-refractivity contribution in [3.63, 3.8) is 0 Å². The minimum atomic E-state index is -0.0960. The molecule has 0 aliphatic carbocycles. The van der Waals surface area contributed by atoms with Crippen LogP contribution in [0.2, 0.25) is 0 Å². The molecule has 0 bridgehead atoms. The van der Waals surface area contributed by atoms with E-state index in [0.29, 0.717) is 37.6 Å². The van der Waals surface area contributed by atoms with Crippen LogP contribution in [0.15, 0.2) is 0 Å². The molecule has 0 amide bonds. The van der Waals surface area contributed by atoms with E-state index in [1.807, 2.05) is 0 Å². The van der Waals surface area contributed by atoms with Gasteiger partial charge in [0.2, 0.25) is 0 Å². The summed E-state index contributed by atoms with van der Waals surface area (Å²) in [6.45, 7) is 17.2. The minimum Gasteiger partial charge on any atom is -0.465 e. The molecule has 0 aliphatic heterocycles. The maximum absolute atomic E-state index is 11.0. The Bertz CT molecular complexity index is 428. The Morgan fingerprint density at radius 3 is 0.953 bits per heavy atom. The molecule has 0 aromatic heterocycles. The Kier molecular flexibility index (Phi) is 67.6. The average Bonchev–Trinajstić information content (AvgIpc) is 3.00. The van der Waals surface area contributed by atoms with E-state index >= 15 is 0 Å². The molecule has 4 nitrogen and oxygen atoms in total. The number of rotatable bonds is 26. The maximum Gasteiger partial charge on any atom is 0.305 e. The van der Waals surface area contributed by atoms with Crippen LogP contribution < -0.4 is 0 Å². The van der Waals surface area contributed by atoms with Crippen LogP contribution in [0.5, 0.6) is 0 Å². The van der Waals surface area contributed by atoms with Crippen LogP contribution in [0.4, 0.5) is 0 Å². The molecular weight excluding hydrogens is 679 g/mol. The van der Waals surface area contributed by atoms with Crippen molar-refractivity contribution in [3.8, 4) is 0 Å². The van der Waals surface area contributed by atoms with Crippen LogP contribution in [0.25, 0.3) is 0 Å². The zero-order chi connectivity index (χ0) is 32.4. The van der Waals surface area contributed by atoms with Crippen molar-refractivity contribution in [2.24, 2.45) is 0 Å². The van der Waals surface area contributed by atoms with Gasteiger partial charge in [0, 0.05) is 48.3 Å². The first-order valence-corrected chi connectivity index (χ1v) is 18.7. The Morgan fingerprint density at radius 1 is 0.465 bits per heavy atom. The van der Waals surface area contributed by atoms with E-state index in [2.05, 4.69) is 66.8 Å². The van der Waals surface area contributed by atoms with Crippen LogP contribution in [0.1, 0.15) is 182 Å². The molecule has 0 aliphatic rings. The summed E-state index contributed by atoms with van der Waals surface area (Å²) < 4.78 is 9.71. The van der Waals surface area contributed by atoms with Crippen molar-refractivity contribution in [3.05, 3.63) is 13.8 Å². The number of carbonyl (C=O) groups is 2. The fourth-order valence-corrected chi connectivity index (χ4v) is 3.93. The normalized spacial score (nSPS) is 9.67. The molecule has 0 atom stereocenters. The molecule has 0 saturated heterocycles. The van der Waals surface area contributed by atoms with Gasteiger partial charge in [0.15, 0.2) is 0 Å². The first-order valence-electron chi connectivity index (χ1n) is 17.5.